The van der Waals surface area contributed by atoms with Gasteiger partial charge >= 0.3 is 0 Å². The first-order chi connectivity index (χ1) is 11.1. The molecule has 0 radical (unpaired) electrons. The van der Waals surface area contributed by atoms with Gasteiger partial charge in [0.2, 0.25) is 0 Å². The minimum Gasteiger partial charge on any atom is -0.377 e. The van der Waals surface area contributed by atoms with Crippen LogP contribution in [0.25, 0.3) is 0 Å². The van der Waals surface area contributed by atoms with E-state index in [1.165, 1.54) is 0 Å². The number of hydrogen-bond donors (Lipinski definition) is 0. The first-order valence-electron chi connectivity index (χ1n) is 7.71. The molecule has 6 nitrogen and oxygen atoms in total. The first-order valence-corrected chi connectivity index (χ1v) is 7.71. The van der Waals surface area contributed by atoms with Crippen LogP contribution in [0.3, 0.4) is 0 Å². The molecule has 1 fully saturated rings. The maximum absolute atomic E-state index is 12.9. The molecule has 3 rings (SSSR count). The predicted octanol–water partition coefficient (Wildman–Crippen LogP) is 1.70. The minimum atomic E-state index is -0.0650. The molecule has 0 aromatic carbocycles. The van der Waals surface area contributed by atoms with Crippen molar-refractivity contribution in [1.82, 2.24) is 14.5 Å². The second-order valence-electron chi connectivity index (χ2n) is 5.93. The quantitative estimate of drug-likeness (QED) is 0.865. The lowest BCUT2D eigenvalue weighted by atomic mass is 10.1. The standard InChI is InChI=1S/C17H22N4O2/c1-19(2)16-7-6-13(11-18-16)17(22)21-9-10-23-12-15(21)14-5-4-8-20(14)3/h4-8,11,15H,9-10,12H2,1-3H3. The molecule has 1 aliphatic heterocycles. The number of hydrogen-bond acceptors (Lipinski definition) is 4. The molecule has 1 aliphatic rings. The largest absolute Gasteiger partial charge is 0.377 e. The number of aromatic nitrogens is 2. The highest BCUT2D eigenvalue weighted by Crippen LogP contribution is 2.26. The molecule has 122 valence electrons. The van der Waals surface area contributed by atoms with Crippen molar-refractivity contribution in [3.63, 3.8) is 0 Å². The maximum Gasteiger partial charge on any atom is 0.256 e. The van der Waals surface area contributed by atoms with Crippen LogP contribution in [0.2, 0.25) is 0 Å². The zero-order valence-electron chi connectivity index (χ0n) is 13.8. The summed E-state index contributed by atoms with van der Waals surface area (Å²) in [5.74, 6) is 0.833. The molecule has 3 heterocycles. The number of nitrogens with zero attached hydrogens (tertiary/aromatic N) is 4. The number of carbonyl (C=O) groups excluding carboxylic acids is 1. The molecule has 1 amide bonds. The van der Waals surface area contributed by atoms with Gasteiger partial charge in [0.05, 0.1) is 24.8 Å². The van der Waals surface area contributed by atoms with Crippen LogP contribution in [0.1, 0.15) is 22.1 Å². The monoisotopic (exact) mass is 314 g/mol. The van der Waals surface area contributed by atoms with Gasteiger partial charge in [0.1, 0.15) is 5.82 Å². The average molecular weight is 314 g/mol. The van der Waals surface area contributed by atoms with Crippen molar-refractivity contribution in [3.05, 3.63) is 47.9 Å². The fourth-order valence-corrected chi connectivity index (χ4v) is 2.86. The summed E-state index contributed by atoms with van der Waals surface area (Å²) in [5, 5.41) is 0. The molecule has 0 saturated carbocycles. The highest BCUT2D eigenvalue weighted by Gasteiger charge is 2.30. The summed E-state index contributed by atoms with van der Waals surface area (Å²) in [6.07, 6.45) is 3.63. The van der Waals surface area contributed by atoms with Gasteiger partial charge in [-0.1, -0.05) is 0 Å². The molecule has 2 aromatic heterocycles. The fourth-order valence-electron chi connectivity index (χ4n) is 2.86. The van der Waals surface area contributed by atoms with Gasteiger partial charge in [0, 0.05) is 45.8 Å². The Morgan fingerprint density at radius 2 is 2.17 bits per heavy atom. The number of carbonyl (C=O) groups is 1. The van der Waals surface area contributed by atoms with E-state index in [1.807, 2.05) is 66.0 Å². The van der Waals surface area contributed by atoms with Crippen molar-refractivity contribution in [2.75, 3.05) is 38.8 Å². The lowest BCUT2D eigenvalue weighted by molar-refractivity contribution is -0.00465. The zero-order valence-corrected chi connectivity index (χ0v) is 13.8. The molecule has 1 unspecified atom stereocenters. The summed E-state index contributed by atoms with van der Waals surface area (Å²) in [5.41, 5.74) is 1.69. The number of ether oxygens (including phenoxy) is 1. The Morgan fingerprint density at radius 1 is 1.35 bits per heavy atom. The third-order valence-electron chi connectivity index (χ3n) is 4.17. The van der Waals surface area contributed by atoms with E-state index in [0.717, 1.165) is 11.5 Å². The van der Waals surface area contributed by atoms with Crippen molar-refractivity contribution < 1.29 is 9.53 Å². The molecular weight excluding hydrogens is 292 g/mol. The highest BCUT2D eigenvalue weighted by atomic mass is 16.5. The van der Waals surface area contributed by atoms with Gasteiger partial charge in [-0.15, -0.1) is 0 Å². The van der Waals surface area contributed by atoms with Gasteiger partial charge in [-0.05, 0) is 24.3 Å². The van der Waals surface area contributed by atoms with E-state index in [0.29, 0.717) is 25.3 Å². The Morgan fingerprint density at radius 3 is 2.78 bits per heavy atom. The molecule has 0 N–H and O–H groups in total. The third kappa shape index (κ3) is 3.07. The van der Waals surface area contributed by atoms with E-state index in [9.17, 15) is 4.79 Å². The van der Waals surface area contributed by atoms with E-state index >= 15 is 0 Å². The molecule has 6 heteroatoms. The third-order valence-corrected chi connectivity index (χ3v) is 4.17. The molecule has 2 aromatic rings. The molecule has 1 saturated heterocycles. The number of aryl methyl sites for hydroxylation is 1. The Kier molecular flexibility index (Phi) is 4.34. The van der Waals surface area contributed by atoms with E-state index in [2.05, 4.69) is 4.98 Å². The van der Waals surface area contributed by atoms with Crippen molar-refractivity contribution in [2.24, 2.45) is 7.05 Å². The topological polar surface area (TPSA) is 50.6 Å². The van der Waals surface area contributed by atoms with Crippen LogP contribution in [-0.2, 0) is 11.8 Å². The summed E-state index contributed by atoms with van der Waals surface area (Å²) < 4.78 is 7.63. The van der Waals surface area contributed by atoms with Crippen molar-refractivity contribution in [2.45, 2.75) is 6.04 Å². The van der Waals surface area contributed by atoms with Gasteiger partial charge < -0.3 is 19.1 Å². The molecule has 1 atom stereocenters. The lowest BCUT2D eigenvalue weighted by Gasteiger charge is -2.36. The summed E-state index contributed by atoms with van der Waals surface area (Å²) in [6.45, 7) is 1.67. The predicted molar refractivity (Wildman–Crippen MR) is 88.6 cm³/mol. The van der Waals surface area contributed by atoms with Gasteiger partial charge in [-0.2, -0.15) is 0 Å². The Balaban J connectivity index is 1.85. The molecule has 23 heavy (non-hydrogen) atoms. The Labute approximate surface area is 136 Å². The van der Waals surface area contributed by atoms with Gasteiger partial charge in [0.25, 0.3) is 5.91 Å². The Bertz CT molecular complexity index is 678. The van der Waals surface area contributed by atoms with E-state index in [-0.39, 0.29) is 11.9 Å². The van der Waals surface area contributed by atoms with Crippen molar-refractivity contribution >= 4 is 11.7 Å². The highest BCUT2D eigenvalue weighted by molar-refractivity contribution is 5.94. The van der Waals surface area contributed by atoms with Crippen LogP contribution in [0.4, 0.5) is 5.82 Å². The second-order valence-corrected chi connectivity index (χ2v) is 5.93. The first kappa shape index (κ1) is 15.6. The van der Waals surface area contributed by atoms with E-state index in [1.54, 1.807) is 6.20 Å². The van der Waals surface area contributed by atoms with Crippen LogP contribution < -0.4 is 4.90 Å². The summed E-state index contributed by atoms with van der Waals surface area (Å²) in [6, 6.07) is 7.66. The second kappa shape index (κ2) is 6.42. The van der Waals surface area contributed by atoms with Crippen LogP contribution in [0, 0.1) is 0 Å². The number of amides is 1. The molecule has 0 aliphatic carbocycles. The molecule has 0 bridgehead atoms. The maximum atomic E-state index is 12.9. The lowest BCUT2D eigenvalue weighted by Crippen LogP contribution is -2.44. The van der Waals surface area contributed by atoms with Gasteiger partial charge in [-0.25, -0.2) is 4.98 Å². The number of morpholine rings is 1. The fraction of sp³-hybridized carbons (Fsp3) is 0.412. The minimum absolute atomic E-state index is 0.00249. The summed E-state index contributed by atoms with van der Waals surface area (Å²) in [4.78, 5) is 21.0. The summed E-state index contributed by atoms with van der Waals surface area (Å²) in [7, 11) is 5.84. The van der Waals surface area contributed by atoms with Gasteiger partial charge in [-0.3, -0.25) is 4.79 Å². The summed E-state index contributed by atoms with van der Waals surface area (Å²) >= 11 is 0. The molecular formula is C17H22N4O2. The molecule has 0 spiro atoms. The van der Waals surface area contributed by atoms with Crippen molar-refractivity contribution in [1.29, 1.82) is 0 Å². The SMILES string of the molecule is CN(C)c1ccc(C(=O)N2CCOCC2c2cccn2C)cn1. The van der Waals surface area contributed by atoms with E-state index < -0.39 is 0 Å². The van der Waals surface area contributed by atoms with Crippen molar-refractivity contribution in [3.8, 4) is 0 Å². The number of pyridine rings is 1. The van der Waals surface area contributed by atoms with Crippen LogP contribution >= 0.6 is 0 Å². The Hall–Kier alpha value is -2.34. The number of rotatable bonds is 3. The van der Waals surface area contributed by atoms with Crippen LogP contribution in [-0.4, -0.2) is 54.2 Å². The van der Waals surface area contributed by atoms with Crippen LogP contribution in [0.15, 0.2) is 36.7 Å². The zero-order chi connectivity index (χ0) is 16.4. The van der Waals surface area contributed by atoms with Crippen LogP contribution in [0.5, 0.6) is 0 Å². The van der Waals surface area contributed by atoms with E-state index in [4.69, 9.17) is 4.74 Å². The average Bonchev–Trinajstić information content (AvgIpc) is 3.00. The smallest absolute Gasteiger partial charge is 0.256 e. The normalized spacial score (nSPS) is 18.0. The van der Waals surface area contributed by atoms with Gasteiger partial charge in [0.15, 0.2) is 0 Å². The number of anilines is 1.